The van der Waals surface area contributed by atoms with Gasteiger partial charge >= 0.3 is 0 Å². The predicted octanol–water partition coefficient (Wildman–Crippen LogP) is 2.72. The summed E-state index contributed by atoms with van der Waals surface area (Å²) in [5.41, 5.74) is 1.41. The van der Waals surface area contributed by atoms with Crippen molar-refractivity contribution in [3.05, 3.63) is 11.9 Å². The first-order chi connectivity index (χ1) is 8.38. The van der Waals surface area contributed by atoms with Gasteiger partial charge in [0, 0.05) is 17.4 Å². The van der Waals surface area contributed by atoms with E-state index in [1.165, 1.54) is 55.2 Å². The summed E-state index contributed by atoms with van der Waals surface area (Å²) in [6, 6.07) is 0. The molecule has 3 saturated heterocycles. The van der Waals surface area contributed by atoms with Crippen LogP contribution in [0, 0.1) is 5.92 Å². The molecule has 4 heteroatoms. The number of nitrogens with one attached hydrogen (secondary N) is 1. The van der Waals surface area contributed by atoms with Crippen LogP contribution in [0.3, 0.4) is 0 Å². The highest BCUT2D eigenvalue weighted by Gasteiger charge is 2.36. The Labute approximate surface area is 107 Å². The number of rotatable bonds is 4. The number of aromatic nitrogens is 2. The Balaban J connectivity index is 1.77. The molecule has 1 aromatic rings. The van der Waals surface area contributed by atoms with E-state index in [-0.39, 0.29) is 0 Å². The lowest BCUT2D eigenvalue weighted by atomic mass is 9.77. The summed E-state index contributed by atoms with van der Waals surface area (Å²) in [6.07, 6.45) is 6.01. The van der Waals surface area contributed by atoms with Crippen molar-refractivity contribution in [1.82, 2.24) is 15.1 Å². The summed E-state index contributed by atoms with van der Waals surface area (Å²) < 4.78 is 0. The number of piperidine rings is 3. The molecule has 3 nitrogen and oxygen atoms in total. The van der Waals surface area contributed by atoms with Gasteiger partial charge in [0.25, 0.3) is 0 Å². The van der Waals surface area contributed by atoms with Gasteiger partial charge in [-0.25, -0.2) is 0 Å². The molecule has 0 aliphatic carbocycles. The maximum absolute atomic E-state index is 4.27. The lowest BCUT2D eigenvalue weighted by Crippen LogP contribution is -2.46. The Morgan fingerprint density at radius 1 is 1.47 bits per heavy atom. The van der Waals surface area contributed by atoms with Crippen LogP contribution in [0.25, 0.3) is 0 Å². The number of aromatic amines is 1. The summed E-state index contributed by atoms with van der Waals surface area (Å²) >= 11 is 1.96. The van der Waals surface area contributed by atoms with Gasteiger partial charge in [-0.2, -0.15) is 5.10 Å². The van der Waals surface area contributed by atoms with E-state index >= 15 is 0 Å². The molecular formula is C13H21N3S. The van der Waals surface area contributed by atoms with Crippen molar-refractivity contribution < 1.29 is 0 Å². The molecule has 1 N–H and O–H groups in total. The fraction of sp³-hybridized carbons (Fsp3) is 0.769. The van der Waals surface area contributed by atoms with Crippen molar-refractivity contribution in [1.29, 1.82) is 0 Å². The molecule has 1 atom stereocenters. The Hall–Kier alpha value is -0.480. The minimum absolute atomic E-state index is 0.708. The molecule has 4 heterocycles. The first-order valence-electron chi connectivity index (χ1n) is 6.77. The minimum Gasteiger partial charge on any atom is -0.303 e. The van der Waals surface area contributed by atoms with Crippen LogP contribution in [0.2, 0.25) is 0 Å². The molecule has 1 unspecified atom stereocenters. The molecule has 3 fully saturated rings. The van der Waals surface area contributed by atoms with Gasteiger partial charge in [0.15, 0.2) is 0 Å². The van der Waals surface area contributed by atoms with Gasteiger partial charge in [0.2, 0.25) is 0 Å². The normalized spacial score (nSPS) is 31.9. The first kappa shape index (κ1) is 11.6. The highest BCUT2D eigenvalue weighted by molar-refractivity contribution is 7.99. The molecular weight excluding hydrogens is 230 g/mol. The van der Waals surface area contributed by atoms with Gasteiger partial charge in [-0.1, -0.05) is 6.92 Å². The monoisotopic (exact) mass is 251 g/mol. The summed E-state index contributed by atoms with van der Waals surface area (Å²) in [5.74, 6) is 2.80. The zero-order chi connectivity index (χ0) is 11.7. The van der Waals surface area contributed by atoms with Crippen molar-refractivity contribution in [2.45, 2.75) is 37.0 Å². The van der Waals surface area contributed by atoms with Crippen molar-refractivity contribution in [3.8, 4) is 0 Å². The maximum atomic E-state index is 4.27. The third-order valence-corrected chi connectivity index (χ3v) is 5.37. The van der Waals surface area contributed by atoms with Crippen LogP contribution in [0.4, 0.5) is 0 Å². The molecule has 0 amide bonds. The third-order valence-electron chi connectivity index (χ3n) is 4.12. The van der Waals surface area contributed by atoms with E-state index in [4.69, 9.17) is 0 Å². The van der Waals surface area contributed by atoms with E-state index in [9.17, 15) is 0 Å². The second kappa shape index (κ2) is 5.02. The summed E-state index contributed by atoms with van der Waals surface area (Å²) in [4.78, 5) is 4.00. The van der Waals surface area contributed by atoms with E-state index in [1.54, 1.807) is 0 Å². The molecule has 17 heavy (non-hydrogen) atoms. The molecule has 4 rings (SSSR count). The molecule has 0 saturated carbocycles. The molecule has 1 aromatic heterocycles. The van der Waals surface area contributed by atoms with E-state index in [1.807, 2.05) is 18.0 Å². The van der Waals surface area contributed by atoms with Crippen molar-refractivity contribution in [3.63, 3.8) is 0 Å². The van der Waals surface area contributed by atoms with E-state index < -0.39 is 0 Å². The molecule has 0 spiro atoms. The Bertz CT molecular complexity index is 368. The minimum atomic E-state index is 0.708. The van der Waals surface area contributed by atoms with Crippen LogP contribution < -0.4 is 0 Å². The molecule has 0 radical (unpaired) electrons. The SMILES string of the molecule is CCCSc1cn[nH]c1C1CN2CCC1CC2. The highest BCUT2D eigenvalue weighted by Crippen LogP contribution is 2.41. The molecule has 94 valence electrons. The second-order valence-corrected chi connectivity index (χ2v) is 6.38. The number of H-pyrrole nitrogens is 1. The van der Waals surface area contributed by atoms with Crippen LogP contribution in [0.5, 0.6) is 0 Å². The van der Waals surface area contributed by atoms with Gasteiger partial charge in [-0.15, -0.1) is 11.8 Å². The predicted molar refractivity (Wildman–Crippen MR) is 71.5 cm³/mol. The third kappa shape index (κ3) is 2.25. The Kier molecular flexibility index (Phi) is 3.43. The highest BCUT2D eigenvalue weighted by atomic mass is 32.2. The van der Waals surface area contributed by atoms with Gasteiger partial charge in [0.1, 0.15) is 0 Å². The second-order valence-electron chi connectivity index (χ2n) is 5.24. The molecule has 3 aliphatic rings. The van der Waals surface area contributed by atoms with Crippen molar-refractivity contribution in [2.75, 3.05) is 25.4 Å². The van der Waals surface area contributed by atoms with Crippen LogP contribution in [0.1, 0.15) is 37.8 Å². The number of hydrogen-bond acceptors (Lipinski definition) is 3. The average Bonchev–Trinajstić information content (AvgIpc) is 2.86. The van der Waals surface area contributed by atoms with Crippen LogP contribution in [0.15, 0.2) is 11.1 Å². The van der Waals surface area contributed by atoms with E-state index in [0.717, 1.165) is 5.92 Å². The Morgan fingerprint density at radius 3 is 2.94 bits per heavy atom. The summed E-state index contributed by atoms with van der Waals surface area (Å²) in [6.45, 7) is 6.10. The van der Waals surface area contributed by atoms with Gasteiger partial charge in [0.05, 0.1) is 11.9 Å². The molecule has 0 aromatic carbocycles. The Morgan fingerprint density at radius 2 is 2.29 bits per heavy atom. The first-order valence-corrected chi connectivity index (χ1v) is 7.75. The topological polar surface area (TPSA) is 31.9 Å². The number of nitrogens with zero attached hydrogens (tertiary/aromatic N) is 2. The lowest BCUT2D eigenvalue weighted by molar-refractivity contribution is 0.0844. The quantitative estimate of drug-likeness (QED) is 0.835. The lowest BCUT2D eigenvalue weighted by Gasteiger charge is -2.44. The van der Waals surface area contributed by atoms with Gasteiger partial charge in [-0.05, 0) is 44.0 Å². The van der Waals surface area contributed by atoms with Crippen LogP contribution >= 0.6 is 11.8 Å². The van der Waals surface area contributed by atoms with Crippen LogP contribution in [-0.4, -0.2) is 40.5 Å². The maximum Gasteiger partial charge on any atom is 0.0626 e. The largest absolute Gasteiger partial charge is 0.303 e. The fourth-order valence-electron chi connectivity index (χ4n) is 3.17. The van der Waals surface area contributed by atoms with Crippen LogP contribution in [-0.2, 0) is 0 Å². The van der Waals surface area contributed by atoms with E-state index in [2.05, 4.69) is 22.0 Å². The van der Waals surface area contributed by atoms with Gasteiger partial charge in [-0.3, -0.25) is 5.10 Å². The zero-order valence-corrected chi connectivity index (χ0v) is 11.3. The summed E-state index contributed by atoms with van der Waals surface area (Å²) in [7, 11) is 0. The molecule has 3 aliphatic heterocycles. The number of thioether (sulfide) groups is 1. The van der Waals surface area contributed by atoms with Crippen molar-refractivity contribution >= 4 is 11.8 Å². The average molecular weight is 251 g/mol. The standard InChI is InChI=1S/C13H21N3S/c1-2-7-17-12-8-14-15-13(12)11-9-16-5-3-10(11)4-6-16/h8,10-11H,2-7,9H2,1H3,(H,14,15). The number of fused-ring (bicyclic) bond motifs is 3. The van der Waals surface area contributed by atoms with Crippen molar-refractivity contribution in [2.24, 2.45) is 5.92 Å². The van der Waals surface area contributed by atoms with Gasteiger partial charge < -0.3 is 4.90 Å². The summed E-state index contributed by atoms with van der Waals surface area (Å²) in [5, 5.41) is 7.54. The van der Waals surface area contributed by atoms with E-state index in [0.29, 0.717) is 5.92 Å². The fourth-order valence-corrected chi connectivity index (χ4v) is 4.07. The smallest absolute Gasteiger partial charge is 0.0626 e. The number of hydrogen-bond donors (Lipinski definition) is 1. The molecule has 2 bridgehead atoms. The zero-order valence-electron chi connectivity index (χ0n) is 10.5.